The summed E-state index contributed by atoms with van der Waals surface area (Å²) in [7, 11) is 0. The summed E-state index contributed by atoms with van der Waals surface area (Å²) in [4.78, 5) is 11.8. The Labute approximate surface area is 123 Å². The number of hydrogen-bond donors (Lipinski definition) is 1. The minimum atomic E-state index is -0.638. The van der Waals surface area contributed by atoms with Crippen molar-refractivity contribution in [2.24, 2.45) is 0 Å². The molecule has 0 aliphatic carbocycles. The third-order valence-electron chi connectivity index (χ3n) is 2.66. The van der Waals surface area contributed by atoms with E-state index in [9.17, 15) is 13.6 Å². The van der Waals surface area contributed by atoms with Gasteiger partial charge in [0.1, 0.15) is 11.9 Å². The van der Waals surface area contributed by atoms with Crippen LogP contribution in [0.3, 0.4) is 0 Å². The van der Waals surface area contributed by atoms with Gasteiger partial charge in [0.15, 0.2) is 11.6 Å². The zero-order valence-corrected chi connectivity index (χ0v) is 12.5. The van der Waals surface area contributed by atoms with Crippen LogP contribution in [-0.4, -0.2) is 31.3 Å². The number of halogens is 2. The molecule has 0 amide bonds. The van der Waals surface area contributed by atoms with Gasteiger partial charge in [-0.1, -0.05) is 13.8 Å². The molecule has 0 aromatic heterocycles. The summed E-state index contributed by atoms with van der Waals surface area (Å²) in [6, 6.07) is 2.54. The van der Waals surface area contributed by atoms with Crippen LogP contribution in [0.5, 0.6) is 5.75 Å². The average molecular weight is 301 g/mol. The van der Waals surface area contributed by atoms with Gasteiger partial charge in [0, 0.05) is 18.5 Å². The monoisotopic (exact) mass is 301 g/mol. The standard InChI is InChI=1S/C15H21F2NO3/c1-4-20-15(19)13(18-10(2)3)7-8-21-14-9-11(16)5-6-12(14)17/h5-6,9-10,13,18H,4,7-8H2,1-3H3. The lowest BCUT2D eigenvalue weighted by Gasteiger charge is -2.19. The lowest BCUT2D eigenvalue weighted by molar-refractivity contribution is -0.146. The first-order valence-electron chi connectivity index (χ1n) is 6.94. The summed E-state index contributed by atoms with van der Waals surface area (Å²) in [6.45, 7) is 5.89. The normalized spacial score (nSPS) is 12.3. The lowest BCUT2D eigenvalue weighted by Crippen LogP contribution is -2.42. The molecule has 0 saturated heterocycles. The Morgan fingerprint density at radius 2 is 2.05 bits per heavy atom. The zero-order chi connectivity index (χ0) is 15.8. The van der Waals surface area contributed by atoms with Gasteiger partial charge in [0.05, 0.1) is 13.2 Å². The van der Waals surface area contributed by atoms with Crippen LogP contribution in [0, 0.1) is 11.6 Å². The van der Waals surface area contributed by atoms with E-state index in [0.717, 1.165) is 18.2 Å². The molecule has 1 aromatic rings. The van der Waals surface area contributed by atoms with Gasteiger partial charge in [-0.25, -0.2) is 8.78 Å². The Morgan fingerprint density at radius 3 is 2.67 bits per heavy atom. The van der Waals surface area contributed by atoms with Crippen molar-refractivity contribution in [3.63, 3.8) is 0 Å². The van der Waals surface area contributed by atoms with Crippen molar-refractivity contribution < 1.29 is 23.0 Å². The van der Waals surface area contributed by atoms with Crippen LogP contribution in [0.1, 0.15) is 27.2 Å². The first kappa shape index (κ1) is 17.4. The Kier molecular flexibility index (Phi) is 7.08. The van der Waals surface area contributed by atoms with E-state index in [2.05, 4.69) is 5.32 Å². The Bertz CT molecular complexity index is 466. The van der Waals surface area contributed by atoms with Crippen LogP contribution >= 0.6 is 0 Å². The van der Waals surface area contributed by atoms with Crippen molar-refractivity contribution >= 4 is 5.97 Å². The second kappa shape index (κ2) is 8.56. The molecule has 0 bridgehead atoms. The number of ether oxygens (including phenoxy) is 2. The second-order valence-electron chi connectivity index (χ2n) is 4.84. The highest BCUT2D eigenvalue weighted by atomic mass is 19.1. The van der Waals surface area contributed by atoms with Crippen molar-refractivity contribution in [3.05, 3.63) is 29.8 Å². The Morgan fingerprint density at radius 1 is 1.33 bits per heavy atom. The van der Waals surface area contributed by atoms with E-state index >= 15 is 0 Å². The molecule has 0 radical (unpaired) electrons. The number of rotatable bonds is 8. The molecule has 0 aliphatic rings. The SMILES string of the molecule is CCOC(=O)C(CCOc1cc(F)ccc1F)NC(C)C. The minimum absolute atomic E-state index is 0.0730. The van der Waals surface area contributed by atoms with E-state index < -0.39 is 17.7 Å². The summed E-state index contributed by atoms with van der Waals surface area (Å²) in [5.41, 5.74) is 0. The predicted octanol–water partition coefficient (Wildman–Crippen LogP) is 2.66. The number of esters is 1. The molecule has 0 fully saturated rings. The maximum absolute atomic E-state index is 13.4. The van der Waals surface area contributed by atoms with E-state index in [-0.39, 0.29) is 31.0 Å². The van der Waals surface area contributed by atoms with Crippen molar-refractivity contribution in [3.8, 4) is 5.75 Å². The van der Waals surface area contributed by atoms with Crippen molar-refractivity contribution in [2.45, 2.75) is 39.3 Å². The van der Waals surface area contributed by atoms with Gasteiger partial charge in [-0.2, -0.15) is 0 Å². The smallest absolute Gasteiger partial charge is 0.323 e. The van der Waals surface area contributed by atoms with Crippen LogP contribution in [0.15, 0.2) is 18.2 Å². The third-order valence-corrected chi connectivity index (χ3v) is 2.66. The van der Waals surface area contributed by atoms with Gasteiger partial charge < -0.3 is 14.8 Å². The number of benzene rings is 1. The molecule has 21 heavy (non-hydrogen) atoms. The molecule has 4 nitrogen and oxygen atoms in total. The molecule has 118 valence electrons. The quantitative estimate of drug-likeness (QED) is 0.750. The summed E-state index contributed by atoms with van der Waals surface area (Å²) < 4.78 is 36.5. The Balaban J connectivity index is 2.56. The number of hydrogen-bond acceptors (Lipinski definition) is 4. The first-order chi connectivity index (χ1) is 9.93. The van der Waals surface area contributed by atoms with Crippen molar-refractivity contribution in [1.82, 2.24) is 5.32 Å². The molecule has 1 unspecified atom stereocenters. The van der Waals surface area contributed by atoms with E-state index in [1.54, 1.807) is 6.92 Å². The van der Waals surface area contributed by atoms with Crippen molar-refractivity contribution in [1.29, 1.82) is 0 Å². The fraction of sp³-hybridized carbons (Fsp3) is 0.533. The molecule has 0 saturated carbocycles. The maximum atomic E-state index is 13.4. The van der Waals surface area contributed by atoms with Gasteiger partial charge in [0.2, 0.25) is 0 Å². The van der Waals surface area contributed by atoms with Gasteiger partial charge in [-0.05, 0) is 19.1 Å². The van der Waals surface area contributed by atoms with Crippen molar-refractivity contribution in [2.75, 3.05) is 13.2 Å². The molecule has 1 aromatic carbocycles. The molecular formula is C15H21F2NO3. The van der Waals surface area contributed by atoms with E-state index in [1.807, 2.05) is 13.8 Å². The largest absolute Gasteiger partial charge is 0.490 e. The summed E-state index contributed by atoms with van der Waals surface area (Å²) in [5, 5.41) is 3.05. The molecular weight excluding hydrogens is 280 g/mol. The topological polar surface area (TPSA) is 47.6 Å². The van der Waals surface area contributed by atoms with Crippen LogP contribution in [-0.2, 0) is 9.53 Å². The lowest BCUT2D eigenvalue weighted by atomic mass is 10.2. The van der Waals surface area contributed by atoms with Crippen LogP contribution in [0.4, 0.5) is 8.78 Å². The fourth-order valence-corrected chi connectivity index (χ4v) is 1.79. The van der Waals surface area contributed by atoms with Gasteiger partial charge in [0.25, 0.3) is 0 Å². The maximum Gasteiger partial charge on any atom is 0.323 e. The number of carbonyl (C=O) groups excluding carboxylic acids is 1. The molecule has 1 rings (SSSR count). The molecule has 1 atom stereocenters. The number of carbonyl (C=O) groups is 1. The van der Waals surface area contributed by atoms with Crippen LogP contribution in [0.2, 0.25) is 0 Å². The molecule has 0 spiro atoms. The molecule has 0 heterocycles. The fourth-order valence-electron chi connectivity index (χ4n) is 1.79. The average Bonchev–Trinajstić information content (AvgIpc) is 2.41. The summed E-state index contributed by atoms with van der Waals surface area (Å²) in [6.07, 6.45) is 0.299. The summed E-state index contributed by atoms with van der Waals surface area (Å²) >= 11 is 0. The summed E-state index contributed by atoms with van der Waals surface area (Å²) in [5.74, 6) is -1.76. The second-order valence-corrected chi connectivity index (χ2v) is 4.84. The Hall–Kier alpha value is -1.69. The number of nitrogens with one attached hydrogen (secondary N) is 1. The highest BCUT2D eigenvalue weighted by Gasteiger charge is 2.20. The van der Waals surface area contributed by atoms with Gasteiger partial charge in [-0.3, -0.25) is 4.79 Å². The predicted molar refractivity (Wildman–Crippen MR) is 75.2 cm³/mol. The zero-order valence-electron chi connectivity index (χ0n) is 12.5. The highest BCUT2D eigenvalue weighted by Crippen LogP contribution is 2.18. The van der Waals surface area contributed by atoms with Crippen LogP contribution in [0.25, 0.3) is 0 Å². The third kappa shape index (κ3) is 6.08. The molecule has 0 aliphatic heterocycles. The minimum Gasteiger partial charge on any atom is -0.490 e. The van der Waals surface area contributed by atoms with Crippen LogP contribution < -0.4 is 10.1 Å². The highest BCUT2D eigenvalue weighted by molar-refractivity contribution is 5.75. The van der Waals surface area contributed by atoms with E-state index in [1.165, 1.54) is 0 Å². The van der Waals surface area contributed by atoms with Gasteiger partial charge in [-0.15, -0.1) is 0 Å². The van der Waals surface area contributed by atoms with E-state index in [0.29, 0.717) is 6.42 Å². The molecule has 1 N–H and O–H groups in total. The first-order valence-corrected chi connectivity index (χ1v) is 6.94. The molecule has 6 heteroatoms. The van der Waals surface area contributed by atoms with Gasteiger partial charge >= 0.3 is 5.97 Å². The van der Waals surface area contributed by atoms with E-state index in [4.69, 9.17) is 9.47 Å².